The normalized spacial score (nSPS) is 16.3. The van der Waals surface area contributed by atoms with Crippen molar-refractivity contribution in [3.8, 4) is 0 Å². The molecule has 6 nitrogen and oxygen atoms in total. The molecule has 0 radical (unpaired) electrons. The van der Waals surface area contributed by atoms with Crippen LogP contribution >= 0.6 is 0 Å². The molecule has 4 rings (SSSR count). The van der Waals surface area contributed by atoms with Crippen LogP contribution in [0, 0.1) is 6.92 Å². The molecule has 1 atom stereocenters. The number of rotatable bonds is 5. The van der Waals surface area contributed by atoms with Gasteiger partial charge in [0.15, 0.2) is 0 Å². The third-order valence-corrected chi connectivity index (χ3v) is 5.75. The monoisotopic (exact) mass is 377 g/mol. The molecule has 1 aromatic carbocycles. The molecule has 1 fully saturated rings. The highest BCUT2D eigenvalue weighted by atomic mass is 16.2. The number of amides is 1. The van der Waals surface area contributed by atoms with Gasteiger partial charge in [0.05, 0.1) is 5.69 Å². The Hall–Kier alpha value is -2.89. The van der Waals surface area contributed by atoms with Crippen molar-refractivity contribution >= 4 is 5.91 Å². The number of nitrogens with one attached hydrogen (secondary N) is 1. The van der Waals surface area contributed by atoms with Crippen molar-refractivity contribution < 1.29 is 4.79 Å². The number of imidazole rings is 1. The van der Waals surface area contributed by atoms with Gasteiger partial charge in [0.1, 0.15) is 11.9 Å². The first kappa shape index (κ1) is 18.5. The summed E-state index contributed by atoms with van der Waals surface area (Å²) in [6.07, 6.45) is 6.40. The van der Waals surface area contributed by atoms with Crippen LogP contribution in [0.1, 0.15) is 54.5 Å². The van der Waals surface area contributed by atoms with E-state index in [0.717, 1.165) is 49.6 Å². The quantitative estimate of drug-likeness (QED) is 0.740. The summed E-state index contributed by atoms with van der Waals surface area (Å²) in [5.41, 5.74) is 3.54. The number of carbonyl (C=O) groups is 1. The number of likely N-dealkylation sites (tertiary alicyclic amines) is 1. The average molecular weight is 377 g/mol. The molecule has 0 bridgehead atoms. The van der Waals surface area contributed by atoms with Gasteiger partial charge in [-0.15, -0.1) is 0 Å². The molecular weight excluding hydrogens is 350 g/mol. The second-order valence-corrected chi connectivity index (χ2v) is 7.64. The fraction of sp³-hybridized carbons (Fsp3) is 0.409. The molecular formula is C22H27N5O. The SMILES string of the molecule is Cc1nccn1[C@H](C)C(=O)N1CCC(c2cc(Cc3ccccc3)[nH]n2)CC1. The summed E-state index contributed by atoms with van der Waals surface area (Å²) in [7, 11) is 0. The van der Waals surface area contributed by atoms with E-state index in [1.54, 1.807) is 6.20 Å². The molecule has 0 spiro atoms. The summed E-state index contributed by atoms with van der Waals surface area (Å²) in [5, 5.41) is 7.74. The predicted octanol–water partition coefficient (Wildman–Crippen LogP) is 3.47. The number of benzene rings is 1. The largest absolute Gasteiger partial charge is 0.341 e. The Labute approximate surface area is 165 Å². The van der Waals surface area contributed by atoms with Gasteiger partial charge in [-0.2, -0.15) is 5.10 Å². The zero-order valence-electron chi connectivity index (χ0n) is 16.5. The van der Waals surface area contributed by atoms with Crippen molar-refractivity contribution in [2.45, 2.75) is 45.1 Å². The molecule has 0 saturated carbocycles. The first-order chi connectivity index (χ1) is 13.6. The van der Waals surface area contributed by atoms with Crippen molar-refractivity contribution in [1.29, 1.82) is 0 Å². The summed E-state index contributed by atoms with van der Waals surface area (Å²) in [5.74, 6) is 1.46. The van der Waals surface area contributed by atoms with Gasteiger partial charge in [-0.25, -0.2) is 4.98 Å². The highest BCUT2D eigenvalue weighted by Crippen LogP contribution is 2.28. The van der Waals surface area contributed by atoms with Gasteiger partial charge in [-0.05, 0) is 38.3 Å². The molecule has 0 aliphatic carbocycles. The van der Waals surface area contributed by atoms with E-state index in [-0.39, 0.29) is 11.9 Å². The summed E-state index contributed by atoms with van der Waals surface area (Å²) < 4.78 is 1.94. The van der Waals surface area contributed by atoms with Gasteiger partial charge in [-0.1, -0.05) is 30.3 Å². The maximum atomic E-state index is 12.9. The van der Waals surface area contributed by atoms with E-state index < -0.39 is 0 Å². The zero-order chi connectivity index (χ0) is 19.5. The number of aryl methyl sites for hydroxylation is 1. The fourth-order valence-corrected chi connectivity index (χ4v) is 4.07. The van der Waals surface area contributed by atoms with Gasteiger partial charge in [0.2, 0.25) is 5.91 Å². The molecule has 1 aliphatic rings. The lowest BCUT2D eigenvalue weighted by Gasteiger charge is -2.33. The number of hydrogen-bond donors (Lipinski definition) is 1. The fourth-order valence-electron chi connectivity index (χ4n) is 4.07. The number of nitrogens with zero attached hydrogens (tertiary/aromatic N) is 4. The average Bonchev–Trinajstić information content (AvgIpc) is 3.37. The van der Waals surface area contributed by atoms with Crippen molar-refractivity contribution in [1.82, 2.24) is 24.6 Å². The third kappa shape index (κ3) is 3.86. The van der Waals surface area contributed by atoms with Crippen molar-refractivity contribution in [3.63, 3.8) is 0 Å². The van der Waals surface area contributed by atoms with Crippen molar-refractivity contribution in [2.75, 3.05) is 13.1 Å². The second-order valence-electron chi connectivity index (χ2n) is 7.64. The number of H-pyrrole nitrogens is 1. The van der Waals surface area contributed by atoms with Gasteiger partial charge in [0, 0.05) is 43.5 Å². The van der Waals surface area contributed by atoms with E-state index in [2.05, 4.69) is 45.5 Å². The van der Waals surface area contributed by atoms with Crippen molar-refractivity contribution in [2.24, 2.45) is 0 Å². The molecule has 28 heavy (non-hydrogen) atoms. The lowest BCUT2D eigenvalue weighted by Crippen LogP contribution is -2.41. The van der Waals surface area contributed by atoms with Crippen LogP contribution in [0.2, 0.25) is 0 Å². The Kier molecular flexibility index (Phi) is 5.28. The summed E-state index contributed by atoms with van der Waals surface area (Å²) in [4.78, 5) is 19.1. The van der Waals surface area contributed by atoms with Crippen LogP contribution in [0.4, 0.5) is 0 Å². The summed E-state index contributed by atoms with van der Waals surface area (Å²) in [6.45, 7) is 5.44. The molecule has 2 aromatic heterocycles. The Morgan fingerprint density at radius 3 is 2.68 bits per heavy atom. The third-order valence-electron chi connectivity index (χ3n) is 5.75. The van der Waals surface area contributed by atoms with Crippen LogP contribution in [-0.4, -0.2) is 43.6 Å². The van der Waals surface area contributed by atoms with Crippen LogP contribution in [0.5, 0.6) is 0 Å². The highest BCUT2D eigenvalue weighted by molar-refractivity contribution is 5.80. The van der Waals surface area contributed by atoms with Crippen LogP contribution in [-0.2, 0) is 11.2 Å². The molecule has 3 heterocycles. The number of aromatic nitrogens is 4. The van der Waals surface area contributed by atoms with Gasteiger partial charge < -0.3 is 9.47 Å². The molecule has 1 amide bonds. The molecule has 1 aliphatic heterocycles. The molecule has 0 unspecified atom stereocenters. The Bertz CT molecular complexity index is 921. The standard InChI is InChI=1S/C22H27N5O/c1-16(27-13-10-23-17(27)2)22(28)26-11-8-19(9-12-26)21-15-20(24-25-21)14-18-6-4-3-5-7-18/h3-7,10,13,15-16,19H,8-9,11-12,14H2,1-2H3,(H,24,25)/t16-/m1/s1. The van der Waals surface area contributed by atoms with Crippen LogP contribution in [0.15, 0.2) is 48.8 Å². The maximum Gasteiger partial charge on any atom is 0.245 e. The topological polar surface area (TPSA) is 66.8 Å². The predicted molar refractivity (Wildman–Crippen MR) is 108 cm³/mol. The molecule has 1 saturated heterocycles. The van der Waals surface area contributed by atoms with Gasteiger partial charge in [-0.3, -0.25) is 9.89 Å². The van der Waals surface area contributed by atoms with Crippen molar-refractivity contribution in [3.05, 3.63) is 71.6 Å². The minimum atomic E-state index is -0.207. The Morgan fingerprint density at radius 2 is 2.00 bits per heavy atom. The molecule has 146 valence electrons. The summed E-state index contributed by atoms with van der Waals surface area (Å²) in [6, 6.07) is 12.4. The first-order valence-corrected chi connectivity index (χ1v) is 9.98. The van der Waals surface area contributed by atoms with Crippen LogP contribution < -0.4 is 0 Å². The minimum Gasteiger partial charge on any atom is -0.341 e. The lowest BCUT2D eigenvalue weighted by atomic mass is 9.93. The molecule has 3 aromatic rings. The van der Waals surface area contributed by atoms with E-state index in [4.69, 9.17) is 0 Å². The first-order valence-electron chi connectivity index (χ1n) is 9.98. The molecule has 6 heteroatoms. The van der Waals surface area contributed by atoms with Crippen LogP contribution in [0.25, 0.3) is 0 Å². The maximum absolute atomic E-state index is 12.9. The number of carbonyl (C=O) groups excluding carboxylic acids is 1. The minimum absolute atomic E-state index is 0.173. The Morgan fingerprint density at radius 1 is 1.25 bits per heavy atom. The molecule has 1 N–H and O–H groups in total. The van der Waals surface area contributed by atoms with E-state index >= 15 is 0 Å². The van der Waals surface area contributed by atoms with Crippen LogP contribution in [0.3, 0.4) is 0 Å². The second kappa shape index (κ2) is 8.00. The Balaban J connectivity index is 1.34. The lowest BCUT2D eigenvalue weighted by molar-refractivity contribution is -0.135. The van der Waals surface area contributed by atoms with Gasteiger partial charge in [0.25, 0.3) is 0 Å². The number of aromatic amines is 1. The number of hydrogen-bond acceptors (Lipinski definition) is 3. The van der Waals surface area contributed by atoms with Gasteiger partial charge >= 0.3 is 0 Å². The highest BCUT2D eigenvalue weighted by Gasteiger charge is 2.28. The smallest absolute Gasteiger partial charge is 0.245 e. The van der Waals surface area contributed by atoms with E-state index in [1.807, 2.05) is 35.6 Å². The van der Waals surface area contributed by atoms with E-state index in [9.17, 15) is 4.79 Å². The number of piperidine rings is 1. The van der Waals surface area contributed by atoms with E-state index in [1.165, 1.54) is 5.56 Å². The zero-order valence-corrected chi connectivity index (χ0v) is 16.5. The summed E-state index contributed by atoms with van der Waals surface area (Å²) >= 11 is 0. The van der Waals surface area contributed by atoms with E-state index in [0.29, 0.717) is 5.92 Å².